The molecule has 0 bridgehead atoms. The summed E-state index contributed by atoms with van der Waals surface area (Å²) in [5.74, 6) is 0. The Labute approximate surface area is 117 Å². The topological polar surface area (TPSA) is 37.2 Å². The van der Waals surface area contributed by atoms with Crippen molar-refractivity contribution in [3.8, 4) is 0 Å². The van der Waals surface area contributed by atoms with Crippen LogP contribution in [0.1, 0.15) is 62.1 Å². The minimum absolute atomic E-state index is 0.335. The van der Waals surface area contributed by atoms with Crippen LogP contribution in [-0.2, 0) is 13.0 Å². The highest BCUT2D eigenvalue weighted by atomic mass is 16.2. The number of aliphatic hydroxyl groups excluding tert-OH is 1. The molecule has 3 nitrogen and oxygen atoms in total. The lowest BCUT2D eigenvalue weighted by Crippen LogP contribution is -2.15. The highest BCUT2D eigenvalue weighted by Gasteiger charge is 2.18. The first kappa shape index (κ1) is 14.6. The van der Waals surface area contributed by atoms with Gasteiger partial charge in [0.1, 0.15) is 0 Å². The summed E-state index contributed by atoms with van der Waals surface area (Å²) in [7, 11) is 2.08. The normalized spacial score (nSPS) is 19.2. The summed E-state index contributed by atoms with van der Waals surface area (Å²) in [6, 6.07) is 0.549. The number of hydrogen-bond acceptors (Lipinski definition) is 2. The van der Waals surface area contributed by atoms with Gasteiger partial charge in [0, 0.05) is 31.6 Å². The molecule has 1 aromatic heterocycles. The van der Waals surface area contributed by atoms with Gasteiger partial charge in [-0.2, -0.15) is 0 Å². The van der Waals surface area contributed by atoms with Crippen molar-refractivity contribution in [1.82, 2.24) is 9.88 Å². The Kier molecular flexibility index (Phi) is 5.93. The molecule has 0 spiro atoms. The molecule has 3 heteroatoms. The molecule has 0 radical (unpaired) electrons. The predicted molar refractivity (Wildman–Crippen MR) is 79.3 cm³/mol. The SMILES string of the molecule is CNC1CCCCc2cn(CCCCCCO)cc21. The highest BCUT2D eigenvalue weighted by molar-refractivity contribution is 5.29. The van der Waals surface area contributed by atoms with E-state index in [4.69, 9.17) is 5.11 Å². The number of aliphatic hydroxyl groups is 1. The van der Waals surface area contributed by atoms with Crippen LogP contribution in [0.25, 0.3) is 0 Å². The van der Waals surface area contributed by atoms with Gasteiger partial charge in [-0.05, 0) is 50.3 Å². The van der Waals surface area contributed by atoms with E-state index in [2.05, 4.69) is 29.3 Å². The maximum atomic E-state index is 8.76. The summed E-state index contributed by atoms with van der Waals surface area (Å²) < 4.78 is 2.37. The maximum absolute atomic E-state index is 8.76. The van der Waals surface area contributed by atoms with Gasteiger partial charge in [-0.1, -0.05) is 19.3 Å². The van der Waals surface area contributed by atoms with Crippen LogP contribution in [0.3, 0.4) is 0 Å². The molecule has 108 valence electrons. The van der Waals surface area contributed by atoms with Gasteiger partial charge in [-0.15, -0.1) is 0 Å². The van der Waals surface area contributed by atoms with Crippen molar-refractivity contribution < 1.29 is 5.11 Å². The molecule has 1 aromatic rings. The zero-order valence-corrected chi connectivity index (χ0v) is 12.2. The predicted octanol–water partition coefficient (Wildman–Crippen LogP) is 3.03. The van der Waals surface area contributed by atoms with Crippen LogP contribution in [0.4, 0.5) is 0 Å². The monoisotopic (exact) mass is 264 g/mol. The van der Waals surface area contributed by atoms with E-state index in [1.165, 1.54) is 44.1 Å². The molecule has 0 aliphatic heterocycles. The third-order valence-electron chi connectivity index (χ3n) is 4.23. The second-order valence-corrected chi connectivity index (χ2v) is 5.70. The summed E-state index contributed by atoms with van der Waals surface area (Å²) in [5, 5.41) is 12.2. The fourth-order valence-electron chi connectivity index (χ4n) is 3.10. The van der Waals surface area contributed by atoms with Crippen LogP contribution in [0.15, 0.2) is 12.4 Å². The average Bonchev–Trinajstić information content (AvgIpc) is 2.72. The molecule has 1 aliphatic carbocycles. The smallest absolute Gasteiger partial charge is 0.0431 e. The lowest BCUT2D eigenvalue weighted by molar-refractivity contribution is 0.282. The molecule has 0 saturated heterocycles. The summed E-state index contributed by atoms with van der Waals surface area (Å²) >= 11 is 0. The van der Waals surface area contributed by atoms with Gasteiger partial charge in [-0.3, -0.25) is 0 Å². The summed E-state index contributed by atoms with van der Waals surface area (Å²) in [4.78, 5) is 0. The molecule has 1 unspecified atom stereocenters. The standard InChI is InChI=1S/C16H28N2O/c1-17-16-9-5-4-8-14-12-18(13-15(14)16)10-6-2-3-7-11-19/h12-13,16-17,19H,2-11H2,1H3. The van der Waals surface area contributed by atoms with Crippen molar-refractivity contribution in [2.45, 2.75) is 64.0 Å². The van der Waals surface area contributed by atoms with E-state index >= 15 is 0 Å². The van der Waals surface area contributed by atoms with E-state index in [0.29, 0.717) is 12.6 Å². The van der Waals surface area contributed by atoms with Crippen LogP contribution in [0, 0.1) is 0 Å². The maximum Gasteiger partial charge on any atom is 0.0431 e. The summed E-state index contributed by atoms with van der Waals surface area (Å²) in [6.07, 6.45) is 14.4. The summed E-state index contributed by atoms with van der Waals surface area (Å²) in [6.45, 7) is 1.45. The first-order valence-electron chi connectivity index (χ1n) is 7.82. The fraction of sp³-hybridized carbons (Fsp3) is 0.750. The molecule has 1 atom stereocenters. The second kappa shape index (κ2) is 7.71. The molecule has 0 fully saturated rings. The minimum atomic E-state index is 0.335. The van der Waals surface area contributed by atoms with E-state index in [0.717, 1.165) is 19.4 Å². The number of rotatable bonds is 7. The van der Waals surface area contributed by atoms with Crippen LogP contribution in [-0.4, -0.2) is 23.3 Å². The Hall–Kier alpha value is -0.800. The van der Waals surface area contributed by atoms with Gasteiger partial charge in [0.25, 0.3) is 0 Å². The number of aryl methyl sites for hydroxylation is 2. The quantitative estimate of drug-likeness (QED) is 0.587. The largest absolute Gasteiger partial charge is 0.396 e. The second-order valence-electron chi connectivity index (χ2n) is 5.70. The van der Waals surface area contributed by atoms with Gasteiger partial charge < -0.3 is 15.0 Å². The highest BCUT2D eigenvalue weighted by Crippen LogP contribution is 2.29. The molecule has 1 aliphatic rings. The number of hydrogen-bond donors (Lipinski definition) is 2. The third-order valence-corrected chi connectivity index (χ3v) is 4.23. The summed E-state index contributed by atoms with van der Waals surface area (Å²) in [5.41, 5.74) is 3.07. The van der Waals surface area contributed by atoms with Crippen molar-refractivity contribution in [3.05, 3.63) is 23.5 Å². The number of nitrogens with zero attached hydrogens (tertiary/aromatic N) is 1. The lowest BCUT2D eigenvalue weighted by Gasteiger charge is -2.13. The van der Waals surface area contributed by atoms with Gasteiger partial charge in [-0.25, -0.2) is 0 Å². The van der Waals surface area contributed by atoms with Crippen LogP contribution in [0.2, 0.25) is 0 Å². The van der Waals surface area contributed by atoms with Crippen LogP contribution >= 0.6 is 0 Å². The van der Waals surface area contributed by atoms with E-state index in [1.54, 1.807) is 5.56 Å². The molecular weight excluding hydrogens is 236 g/mol. The zero-order valence-electron chi connectivity index (χ0n) is 12.2. The Balaban J connectivity index is 1.89. The first-order chi connectivity index (χ1) is 9.35. The number of aromatic nitrogens is 1. The van der Waals surface area contributed by atoms with Crippen molar-refractivity contribution in [1.29, 1.82) is 0 Å². The number of nitrogens with one attached hydrogen (secondary N) is 1. The zero-order chi connectivity index (χ0) is 13.5. The molecule has 0 saturated carbocycles. The molecule has 19 heavy (non-hydrogen) atoms. The minimum Gasteiger partial charge on any atom is -0.396 e. The molecule has 0 amide bonds. The van der Waals surface area contributed by atoms with Gasteiger partial charge in [0.15, 0.2) is 0 Å². The van der Waals surface area contributed by atoms with Crippen LogP contribution in [0.5, 0.6) is 0 Å². The third kappa shape index (κ3) is 4.08. The van der Waals surface area contributed by atoms with Crippen molar-refractivity contribution in [2.24, 2.45) is 0 Å². The van der Waals surface area contributed by atoms with E-state index in [1.807, 2.05) is 0 Å². The van der Waals surface area contributed by atoms with Gasteiger partial charge in [0.05, 0.1) is 0 Å². The Bertz CT molecular complexity index is 373. The van der Waals surface area contributed by atoms with Crippen molar-refractivity contribution in [2.75, 3.05) is 13.7 Å². The fourth-order valence-corrected chi connectivity index (χ4v) is 3.10. The van der Waals surface area contributed by atoms with E-state index in [9.17, 15) is 0 Å². The van der Waals surface area contributed by atoms with Gasteiger partial charge >= 0.3 is 0 Å². The lowest BCUT2D eigenvalue weighted by atomic mass is 10.1. The molecule has 1 heterocycles. The Morgan fingerprint density at radius 3 is 2.84 bits per heavy atom. The molecular formula is C16H28N2O. The van der Waals surface area contributed by atoms with Crippen LogP contribution < -0.4 is 5.32 Å². The molecule has 2 N–H and O–H groups in total. The Morgan fingerprint density at radius 2 is 2.05 bits per heavy atom. The van der Waals surface area contributed by atoms with Gasteiger partial charge in [0.2, 0.25) is 0 Å². The molecule has 2 rings (SSSR count). The Morgan fingerprint density at radius 1 is 1.21 bits per heavy atom. The van der Waals surface area contributed by atoms with Crippen molar-refractivity contribution >= 4 is 0 Å². The number of fused-ring (bicyclic) bond motifs is 1. The first-order valence-corrected chi connectivity index (χ1v) is 7.82. The van der Waals surface area contributed by atoms with E-state index < -0.39 is 0 Å². The van der Waals surface area contributed by atoms with Crippen molar-refractivity contribution in [3.63, 3.8) is 0 Å². The number of unbranched alkanes of at least 4 members (excludes halogenated alkanes) is 3. The van der Waals surface area contributed by atoms with E-state index in [-0.39, 0.29) is 0 Å². The molecule has 0 aromatic carbocycles. The average molecular weight is 264 g/mol.